The second-order valence-corrected chi connectivity index (χ2v) is 15.3. The van der Waals surface area contributed by atoms with E-state index in [0.29, 0.717) is 0 Å². The minimum absolute atomic E-state index is 0.769. The molecule has 0 unspecified atom stereocenters. The molecule has 0 radical (unpaired) electrons. The fourth-order valence-electron chi connectivity index (χ4n) is 5.24. The van der Waals surface area contributed by atoms with Crippen LogP contribution >= 0.6 is 0 Å². The van der Waals surface area contributed by atoms with E-state index in [9.17, 15) is 0 Å². The highest BCUT2D eigenvalue weighted by atomic mass is 28.4. The van der Waals surface area contributed by atoms with Gasteiger partial charge in [-0.25, -0.2) is 0 Å². The molecule has 0 aromatic rings. The summed E-state index contributed by atoms with van der Waals surface area (Å²) in [6.07, 6.45) is 20.0. The van der Waals surface area contributed by atoms with Gasteiger partial charge in [0.1, 0.15) is 0 Å². The lowest BCUT2D eigenvalue weighted by molar-refractivity contribution is 0.273. The monoisotopic (exact) mass is 440 g/mol. The molecule has 0 saturated heterocycles. The van der Waals surface area contributed by atoms with Crippen LogP contribution in [0.1, 0.15) is 138 Å². The first-order chi connectivity index (χ1) is 14.3. The molecule has 182 valence electrons. The van der Waals surface area contributed by atoms with Crippen LogP contribution in [0.2, 0.25) is 18.1 Å². The van der Waals surface area contributed by atoms with Crippen molar-refractivity contribution in [1.82, 2.24) is 0 Å². The normalized spacial score (nSPS) is 12.6. The third-order valence-corrected chi connectivity index (χ3v) is 11.7. The molecule has 0 aromatic heterocycles. The van der Waals surface area contributed by atoms with E-state index in [4.69, 9.17) is 4.43 Å². The molecule has 0 aromatic carbocycles. The summed E-state index contributed by atoms with van der Waals surface area (Å²) >= 11 is 0. The molecule has 0 amide bonds. The Labute approximate surface area is 193 Å². The van der Waals surface area contributed by atoms with Gasteiger partial charge in [0.15, 0.2) is 8.32 Å². The predicted octanol–water partition coefficient (Wildman–Crippen LogP) is 10.4. The molecule has 0 saturated carbocycles. The average Bonchev–Trinajstić information content (AvgIpc) is 2.63. The Morgan fingerprint density at radius 3 is 1.07 bits per heavy atom. The summed E-state index contributed by atoms with van der Waals surface area (Å²) in [6.45, 7) is 17.6. The highest BCUT2D eigenvalue weighted by molar-refractivity contribution is 6.74. The second kappa shape index (κ2) is 19.8. The molecule has 0 aliphatic heterocycles. The van der Waals surface area contributed by atoms with Crippen LogP contribution in [0.15, 0.2) is 0 Å². The van der Waals surface area contributed by atoms with Crippen molar-refractivity contribution in [2.45, 2.75) is 156 Å². The quantitative estimate of drug-likeness (QED) is 0.120. The molecule has 0 bridgehead atoms. The van der Waals surface area contributed by atoms with Crippen LogP contribution in [0.5, 0.6) is 0 Å². The molecular formula is C28H60OSi. The van der Waals surface area contributed by atoms with Crippen molar-refractivity contribution in [3.8, 4) is 0 Å². The number of hydrogen-bond acceptors (Lipinski definition) is 1. The summed E-state index contributed by atoms with van der Waals surface area (Å²) in [7, 11) is -1.59. The van der Waals surface area contributed by atoms with Gasteiger partial charge in [-0.2, -0.15) is 0 Å². The Balaban J connectivity index is 3.83. The van der Waals surface area contributed by atoms with Gasteiger partial charge in [-0.3, -0.25) is 0 Å². The molecule has 0 heterocycles. The van der Waals surface area contributed by atoms with Crippen molar-refractivity contribution in [1.29, 1.82) is 0 Å². The summed E-state index contributed by atoms with van der Waals surface area (Å²) in [4.78, 5) is 0. The Bertz CT molecular complexity index is 324. The van der Waals surface area contributed by atoms with Crippen molar-refractivity contribution >= 4 is 8.32 Å². The maximum absolute atomic E-state index is 6.81. The molecule has 30 heavy (non-hydrogen) atoms. The SMILES string of the molecule is CCCCCCCCCCCCCCCCO[Si](CC(C)C)(CC(C)C)CC(C)C. The zero-order valence-corrected chi connectivity index (χ0v) is 23.4. The number of rotatable bonds is 22. The number of hydrogen-bond donors (Lipinski definition) is 0. The molecule has 1 nitrogen and oxygen atoms in total. The van der Waals surface area contributed by atoms with Crippen molar-refractivity contribution in [3.05, 3.63) is 0 Å². The second-order valence-electron chi connectivity index (χ2n) is 11.4. The van der Waals surface area contributed by atoms with E-state index in [0.717, 1.165) is 24.4 Å². The van der Waals surface area contributed by atoms with Crippen LogP contribution in [-0.4, -0.2) is 14.9 Å². The van der Waals surface area contributed by atoms with Gasteiger partial charge in [0, 0.05) is 6.61 Å². The van der Waals surface area contributed by atoms with Crippen LogP contribution < -0.4 is 0 Å². The van der Waals surface area contributed by atoms with E-state index in [2.05, 4.69) is 48.5 Å². The highest BCUT2D eigenvalue weighted by Gasteiger charge is 2.36. The molecule has 0 rings (SSSR count). The predicted molar refractivity (Wildman–Crippen MR) is 141 cm³/mol. The van der Waals surface area contributed by atoms with E-state index in [-0.39, 0.29) is 0 Å². The summed E-state index contributed by atoms with van der Waals surface area (Å²) in [6, 6.07) is 4.05. The lowest BCUT2D eigenvalue weighted by Crippen LogP contribution is -2.42. The maximum atomic E-state index is 6.81. The Morgan fingerprint density at radius 1 is 0.467 bits per heavy atom. The molecule has 2 heteroatoms. The van der Waals surface area contributed by atoms with Crippen molar-refractivity contribution in [2.75, 3.05) is 6.61 Å². The average molecular weight is 441 g/mol. The van der Waals surface area contributed by atoms with Gasteiger partial charge in [0.2, 0.25) is 0 Å². The Hall–Kier alpha value is 0.177. The third kappa shape index (κ3) is 18.9. The minimum Gasteiger partial charge on any atom is -0.417 e. The smallest absolute Gasteiger partial charge is 0.193 e. The van der Waals surface area contributed by atoms with E-state index < -0.39 is 8.32 Å². The highest BCUT2D eigenvalue weighted by Crippen LogP contribution is 2.33. The van der Waals surface area contributed by atoms with E-state index >= 15 is 0 Å². The minimum atomic E-state index is -1.59. The molecule has 0 fully saturated rings. The van der Waals surface area contributed by atoms with Gasteiger partial charge in [0.25, 0.3) is 0 Å². The zero-order chi connectivity index (χ0) is 22.7. The van der Waals surface area contributed by atoms with E-state index in [1.54, 1.807) is 0 Å². The topological polar surface area (TPSA) is 9.23 Å². The first kappa shape index (κ1) is 30.2. The van der Waals surface area contributed by atoms with Gasteiger partial charge >= 0.3 is 0 Å². The largest absolute Gasteiger partial charge is 0.417 e. The number of unbranched alkanes of at least 4 members (excludes halogenated alkanes) is 13. The molecule has 0 atom stereocenters. The zero-order valence-electron chi connectivity index (χ0n) is 22.4. The van der Waals surface area contributed by atoms with Crippen LogP contribution in [-0.2, 0) is 4.43 Å². The van der Waals surface area contributed by atoms with Crippen LogP contribution in [0, 0.1) is 17.8 Å². The van der Waals surface area contributed by atoms with Crippen molar-refractivity contribution in [3.63, 3.8) is 0 Å². The van der Waals surface area contributed by atoms with Gasteiger partial charge in [-0.15, -0.1) is 0 Å². The fraction of sp³-hybridized carbons (Fsp3) is 1.00. The third-order valence-electron chi connectivity index (χ3n) is 6.25. The Morgan fingerprint density at radius 2 is 0.767 bits per heavy atom. The summed E-state index contributed by atoms with van der Waals surface area (Å²) in [5, 5.41) is 0. The van der Waals surface area contributed by atoms with Crippen molar-refractivity contribution in [2.24, 2.45) is 17.8 Å². The molecular weight excluding hydrogens is 380 g/mol. The van der Waals surface area contributed by atoms with Crippen LogP contribution in [0.3, 0.4) is 0 Å². The van der Waals surface area contributed by atoms with Gasteiger partial charge in [-0.1, -0.05) is 132 Å². The molecule has 0 N–H and O–H groups in total. The van der Waals surface area contributed by atoms with E-state index in [1.165, 1.54) is 108 Å². The summed E-state index contributed by atoms with van der Waals surface area (Å²) in [5.74, 6) is 2.31. The van der Waals surface area contributed by atoms with Gasteiger partial charge in [-0.05, 0) is 42.3 Å². The lowest BCUT2D eigenvalue weighted by atomic mass is 10.0. The standard InChI is InChI=1S/C28H60OSi/c1-8-9-10-11-12-13-14-15-16-17-18-19-20-21-22-29-30(23-26(2)3,24-27(4)5)25-28(6)7/h26-28H,8-25H2,1-7H3. The lowest BCUT2D eigenvalue weighted by Gasteiger charge is -2.36. The summed E-state index contributed by atoms with van der Waals surface area (Å²) in [5.41, 5.74) is 0. The molecule has 0 aliphatic rings. The first-order valence-electron chi connectivity index (χ1n) is 13.9. The fourth-order valence-corrected chi connectivity index (χ4v) is 11.1. The van der Waals surface area contributed by atoms with Gasteiger partial charge in [0.05, 0.1) is 0 Å². The summed E-state index contributed by atoms with van der Waals surface area (Å²) < 4.78 is 6.81. The molecule has 0 aliphatic carbocycles. The van der Waals surface area contributed by atoms with Crippen molar-refractivity contribution < 1.29 is 4.43 Å². The molecule has 0 spiro atoms. The van der Waals surface area contributed by atoms with Crippen LogP contribution in [0.25, 0.3) is 0 Å². The Kier molecular flexibility index (Phi) is 19.9. The first-order valence-corrected chi connectivity index (χ1v) is 16.5. The van der Waals surface area contributed by atoms with Gasteiger partial charge < -0.3 is 4.43 Å². The van der Waals surface area contributed by atoms with E-state index in [1.807, 2.05) is 0 Å². The maximum Gasteiger partial charge on any atom is 0.193 e. The van der Waals surface area contributed by atoms with Crippen LogP contribution in [0.4, 0.5) is 0 Å².